The number of hydrogen-bond donors (Lipinski definition) is 1. The molecular weight excluding hydrogens is 287 g/mol. The second-order valence-corrected chi connectivity index (χ2v) is 6.03. The van der Waals surface area contributed by atoms with Gasteiger partial charge in [-0.25, -0.2) is 4.98 Å². The first-order valence-electron chi connectivity index (χ1n) is 5.76. The Balaban J connectivity index is 1.88. The van der Waals surface area contributed by atoms with Crippen LogP contribution in [0.3, 0.4) is 0 Å². The number of halogens is 2. The van der Waals surface area contributed by atoms with Crippen molar-refractivity contribution in [3.05, 3.63) is 49.9 Å². The van der Waals surface area contributed by atoms with E-state index in [0.717, 1.165) is 30.1 Å². The maximum Gasteiger partial charge on any atom is 0.107 e. The minimum absolute atomic E-state index is 0.668. The van der Waals surface area contributed by atoms with E-state index in [9.17, 15) is 0 Å². The summed E-state index contributed by atoms with van der Waals surface area (Å²) in [5.74, 6) is 0. The standard InChI is InChI=1S/C13H14Cl2N2S/c1-2-12-7-17-13(18-12)8-16-6-9-3-10(14)5-11(15)4-9/h3-5,7,16H,2,6,8H2,1H3. The molecule has 0 saturated heterocycles. The molecule has 2 aromatic rings. The Morgan fingerprint density at radius 2 is 1.89 bits per heavy atom. The molecule has 96 valence electrons. The van der Waals surface area contributed by atoms with Crippen LogP contribution in [0.5, 0.6) is 0 Å². The highest BCUT2D eigenvalue weighted by molar-refractivity contribution is 7.11. The number of nitrogens with one attached hydrogen (secondary N) is 1. The highest BCUT2D eigenvalue weighted by Gasteiger charge is 2.01. The third-order valence-corrected chi connectivity index (χ3v) is 4.06. The van der Waals surface area contributed by atoms with Crippen molar-refractivity contribution >= 4 is 34.5 Å². The van der Waals surface area contributed by atoms with Crippen molar-refractivity contribution < 1.29 is 0 Å². The van der Waals surface area contributed by atoms with Crippen LogP contribution in [0.25, 0.3) is 0 Å². The van der Waals surface area contributed by atoms with Gasteiger partial charge in [0.2, 0.25) is 0 Å². The van der Waals surface area contributed by atoms with Crippen molar-refractivity contribution in [1.29, 1.82) is 0 Å². The molecule has 0 amide bonds. The molecule has 0 atom stereocenters. The first-order chi connectivity index (χ1) is 8.67. The summed E-state index contributed by atoms with van der Waals surface area (Å²) in [4.78, 5) is 5.67. The van der Waals surface area contributed by atoms with Gasteiger partial charge in [0.05, 0.1) is 0 Å². The summed E-state index contributed by atoms with van der Waals surface area (Å²) in [7, 11) is 0. The SMILES string of the molecule is CCc1cnc(CNCc2cc(Cl)cc(Cl)c2)s1. The van der Waals surface area contributed by atoms with E-state index in [2.05, 4.69) is 17.2 Å². The minimum Gasteiger partial charge on any atom is -0.306 e. The number of thiazole rings is 1. The molecule has 0 unspecified atom stereocenters. The zero-order valence-corrected chi connectivity index (χ0v) is 12.4. The van der Waals surface area contributed by atoms with Crippen LogP contribution in [0.4, 0.5) is 0 Å². The molecule has 0 fully saturated rings. The third kappa shape index (κ3) is 3.95. The maximum atomic E-state index is 5.95. The van der Waals surface area contributed by atoms with Gasteiger partial charge in [-0.2, -0.15) is 0 Å². The van der Waals surface area contributed by atoms with Crippen molar-refractivity contribution in [3.8, 4) is 0 Å². The number of hydrogen-bond acceptors (Lipinski definition) is 3. The normalized spacial score (nSPS) is 10.8. The van der Waals surface area contributed by atoms with Crippen molar-refractivity contribution in [2.24, 2.45) is 0 Å². The molecule has 0 spiro atoms. The van der Waals surface area contributed by atoms with E-state index in [4.69, 9.17) is 23.2 Å². The molecule has 2 rings (SSSR count). The second-order valence-electron chi connectivity index (χ2n) is 3.96. The summed E-state index contributed by atoms with van der Waals surface area (Å²) in [5.41, 5.74) is 1.08. The Morgan fingerprint density at radius 1 is 1.17 bits per heavy atom. The van der Waals surface area contributed by atoms with Crippen molar-refractivity contribution in [3.63, 3.8) is 0 Å². The molecule has 0 bridgehead atoms. The average molecular weight is 301 g/mol. The van der Waals surface area contributed by atoms with E-state index in [0.29, 0.717) is 10.0 Å². The van der Waals surface area contributed by atoms with E-state index in [1.165, 1.54) is 4.88 Å². The van der Waals surface area contributed by atoms with Crippen molar-refractivity contribution in [1.82, 2.24) is 10.3 Å². The molecule has 0 aliphatic rings. The molecule has 1 N–H and O–H groups in total. The summed E-state index contributed by atoms with van der Waals surface area (Å²) >= 11 is 13.6. The molecule has 0 saturated carbocycles. The van der Waals surface area contributed by atoms with Gasteiger partial charge < -0.3 is 5.32 Å². The molecule has 0 aliphatic carbocycles. The Kier molecular flexibility index (Phi) is 5.01. The lowest BCUT2D eigenvalue weighted by Gasteiger charge is -2.04. The van der Waals surface area contributed by atoms with E-state index in [1.54, 1.807) is 17.4 Å². The van der Waals surface area contributed by atoms with Crippen LogP contribution in [-0.2, 0) is 19.5 Å². The number of aromatic nitrogens is 1. The molecule has 1 heterocycles. The second kappa shape index (κ2) is 6.53. The molecule has 0 aliphatic heterocycles. The first-order valence-corrected chi connectivity index (χ1v) is 7.34. The fourth-order valence-corrected chi connectivity index (χ4v) is 3.02. The lowest BCUT2D eigenvalue weighted by molar-refractivity contribution is 0.690. The fraction of sp³-hybridized carbons (Fsp3) is 0.308. The van der Waals surface area contributed by atoms with Gasteiger partial charge in [-0.15, -0.1) is 11.3 Å². The molecular formula is C13H14Cl2N2S. The topological polar surface area (TPSA) is 24.9 Å². The van der Waals surface area contributed by atoms with Gasteiger partial charge in [0.15, 0.2) is 0 Å². The van der Waals surface area contributed by atoms with E-state index >= 15 is 0 Å². The Hall–Kier alpha value is -0.610. The third-order valence-electron chi connectivity index (χ3n) is 2.48. The van der Waals surface area contributed by atoms with Gasteiger partial charge in [-0.3, -0.25) is 0 Å². The number of aryl methyl sites for hydroxylation is 1. The smallest absolute Gasteiger partial charge is 0.107 e. The van der Waals surface area contributed by atoms with Gasteiger partial charge in [0.25, 0.3) is 0 Å². The summed E-state index contributed by atoms with van der Waals surface area (Å²) in [6.07, 6.45) is 2.99. The highest BCUT2D eigenvalue weighted by Crippen LogP contribution is 2.19. The monoisotopic (exact) mass is 300 g/mol. The maximum absolute atomic E-state index is 5.95. The van der Waals surface area contributed by atoms with Crippen LogP contribution in [0.1, 0.15) is 22.4 Å². The Morgan fingerprint density at radius 3 is 2.50 bits per heavy atom. The van der Waals surface area contributed by atoms with E-state index in [-0.39, 0.29) is 0 Å². The van der Waals surface area contributed by atoms with Gasteiger partial charge in [-0.1, -0.05) is 30.1 Å². The van der Waals surface area contributed by atoms with Crippen LogP contribution in [0, 0.1) is 0 Å². The molecule has 18 heavy (non-hydrogen) atoms. The van der Waals surface area contributed by atoms with Crippen molar-refractivity contribution in [2.45, 2.75) is 26.4 Å². The number of nitrogens with zero attached hydrogens (tertiary/aromatic N) is 1. The predicted molar refractivity (Wildman–Crippen MR) is 78.5 cm³/mol. The first kappa shape index (κ1) is 13.8. The lowest BCUT2D eigenvalue weighted by atomic mass is 10.2. The van der Waals surface area contributed by atoms with Gasteiger partial charge >= 0.3 is 0 Å². The summed E-state index contributed by atoms with van der Waals surface area (Å²) < 4.78 is 0. The highest BCUT2D eigenvalue weighted by atomic mass is 35.5. The zero-order chi connectivity index (χ0) is 13.0. The quantitative estimate of drug-likeness (QED) is 0.890. The number of rotatable bonds is 5. The van der Waals surface area contributed by atoms with Crippen LogP contribution in [0.15, 0.2) is 24.4 Å². The average Bonchev–Trinajstić information content (AvgIpc) is 2.76. The molecule has 2 nitrogen and oxygen atoms in total. The van der Waals surface area contributed by atoms with E-state index in [1.807, 2.05) is 18.3 Å². The molecule has 1 aromatic heterocycles. The summed E-state index contributed by atoms with van der Waals surface area (Å²) in [6.45, 7) is 3.65. The summed E-state index contributed by atoms with van der Waals surface area (Å²) in [6, 6.07) is 5.57. The fourth-order valence-electron chi connectivity index (χ4n) is 1.62. The molecule has 0 radical (unpaired) electrons. The molecule has 5 heteroatoms. The zero-order valence-electron chi connectivity index (χ0n) is 10.0. The largest absolute Gasteiger partial charge is 0.306 e. The summed E-state index contributed by atoms with van der Waals surface area (Å²) in [5, 5.41) is 5.79. The molecule has 1 aromatic carbocycles. The Labute approximate surface area is 121 Å². The minimum atomic E-state index is 0.668. The van der Waals surface area contributed by atoms with Crippen LogP contribution >= 0.6 is 34.5 Å². The van der Waals surface area contributed by atoms with Gasteiger partial charge in [0, 0.05) is 34.2 Å². The van der Waals surface area contributed by atoms with E-state index < -0.39 is 0 Å². The van der Waals surface area contributed by atoms with Crippen LogP contribution in [-0.4, -0.2) is 4.98 Å². The Bertz CT molecular complexity index is 505. The lowest BCUT2D eigenvalue weighted by Crippen LogP contribution is -2.12. The van der Waals surface area contributed by atoms with Crippen molar-refractivity contribution in [2.75, 3.05) is 0 Å². The number of benzene rings is 1. The van der Waals surface area contributed by atoms with Crippen LogP contribution in [0.2, 0.25) is 10.0 Å². The van der Waals surface area contributed by atoms with Gasteiger partial charge in [0.1, 0.15) is 5.01 Å². The predicted octanol–water partition coefficient (Wildman–Crippen LogP) is 4.30. The van der Waals surface area contributed by atoms with Crippen LogP contribution < -0.4 is 5.32 Å². The van der Waals surface area contributed by atoms with Gasteiger partial charge in [-0.05, 0) is 30.2 Å².